The molecule has 0 aliphatic carbocycles. The molecule has 2 rings (SSSR count). The predicted octanol–water partition coefficient (Wildman–Crippen LogP) is 4.58. The Bertz CT molecular complexity index is 549. The largest absolute Gasteiger partial charge is 0.486 e. The van der Waals surface area contributed by atoms with Crippen molar-refractivity contribution < 1.29 is 4.74 Å². The lowest BCUT2D eigenvalue weighted by atomic mass is 10.1. The van der Waals surface area contributed by atoms with Crippen molar-refractivity contribution in [3.05, 3.63) is 45.4 Å². The molecule has 0 spiro atoms. The maximum Gasteiger partial charge on any atom is 0.140 e. The predicted molar refractivity (Wildman–Crippen MR) is 84.4 cm³/mol. The second-order valence-electron chi connectivity index (χ2n) is 4.83. The third-order valence-electron chi connectivity index (χ3n) is 2.81. The van der Waals surface area contributed by atoms with E-state index in [1.165, 1.54) is 10.4 Å². The van der Waals surface area contributed by atoms with E-state index in [4.69, 9.17) is 4.74 Å². The van der Waals surface area contributed by atoms with Gasteiger partial charge in [-0.05, 0) is 30.5 Å². The lowest BCUT2D eigenvalue weighted by Crippen LogP contribution is -1.96. The third-order valence-corrected chi connectivity index (χ3v) is 4.39. The maximum atomic E-state index is 5.79. The minimum absolute atomic E-state index is 0.436. The fourth-order valence-electron chi connectivity index (χ4n) is 1.89. The molecule has 0 saturated carbocycles. The molecule has 2 nitrogen and oxygen atoms in total. The Morgan fingerprint density at radius 2 is 2.16 bits per heavy atom. The van der Waals surface area contributed by atoms with Gasteiger partial charge in [0.05, 0.1) is 5.69 Å². The highest BCUT2D eigenvalue weighted by Gasteiger charge is 2.13. The van der Waals surface area contributed by atoms with E-state index in [0.29, 0.717) is 12.5 Å². The van der Waals surface area contributed by atoms with Crippen molar-refractivity contribution >= 4 is 24.0 Å². The van der Waals surface area contributed by atoms with Gasteiger partial charge in [0.15, 0.2) is 0 Å². The first-order valence-electron chi connectivity index (χ1n) is 6.39. The van der Waals surface area contributed by atoms with Gasteiger partial charge in [-0.1, -0.05) is 26.0 Å². The van der Waals surface area contributed by atoms with Crippen molar-refractivity contribution in [2.45, 2.75) is 39.0 Å². The van der Waals surface area contributed by atoms with Crippen LogP contribution in [0, 0.1) is 6.92 Å². The normalized spacial score (nSPS) is 11.0. The van der Waals surface area contributed by atoms with Crippen LogP contribution in [0.25, 0.3) is 0 Å². The standard InChI is InChI=1S/C15H19NOS2/c1-10(2)15-13(9-18)19-14(16-15)8-17-12-6-4-5-11(3)7-12/h4-7,10,18H,8-9H2,1-3H3. The number of hydrogen-bond donors (Lipinski definition) is 1. The molecule has 102 valence electrons. The van der Waals surface area contributed by atoms with Crippen LogP contribution in [-0.2, 0) is 12.4 Å². The molecule has 0 amide bonds. The minimum Gasteiger partial charge on any atom is -0.486 e. The van der Waals surface area contributed by atoms with Crippen molar-refractivity contribution in [1.29, 1.82) is 0 Å². The van der Waals surface area contributed by atoms with Crippen molar-refractivity contribution in [3.63, 3.8) is 0 Å². The van der Waals surface area contributed by atoms with E-state index < -0.39 is 0 Å². The molecule has 0 unspecified atom stereocenters. The van der Waals surface area contributed by atoms with E-state index in [2.05, 4.69) is 44.5 Å². The van der Waals surface area contributed by atoms with Crippen LogP contribution in [0.3, 0.4) is 0 Å². The molecule has 0 fully saturated rings. The van der Waals surface area contributed by atoms with Crippen LogP contribution in [0.1, 0.15) is 40.9 Å². The number of benzene rings is 1. The Labute approximate surface area is 124 Å². The van der Waals surface area contributed by atoms with Crippen LogP contribution in [0.5, 0.6) is 5.75 Å². The smallest absolute Gasteiger partial charge is 0.140 e. The lowest BCUT2D eigenvalue weighted by Gasteiger charge is -2.04. The average molecular weight is 293 g/mol. The Morgan fingerprint density at radius 1 is 1.37 bits per heavy atom. The summed E-state index contributed by atoms with van der Waals surface area (Å²) in [4.78, 5) is 5.91. The van der Waals surface area contributed by atoms with Gasteiger partial charge >= 0.3 is 0 Å². The highest BCUT2D eigenvalue weighted by atomic mass is 32.1. The van der Waals surface area contributed by atoms with Gasteiger partial charge in [-0.2, -0.15) is 12.6 Å². The molecule has 0 aliphatic rings. The second-order valence-corrected chi connectivity index (χ2v) is 6.32. The summed E-state index contributed by atoms with van der Waals surface area (Å²) in [5, 5.41) is 1.02. The summed E-state index contributed by atoms with van der Waals surface area (Å²) in [7, 11) is 0. The third kappa shape index (κ3) is 3.74. The number of ether oxygens (including phenoxy) is 1. The van der Waals surface area contributed by atoms with Crippen LogP contribution < -0.4 is 4.74 Å². The molecule has 1 aromatic carbocycles. The van der Waals surface area contributed by atoms with Crippen LogP contribution in [0.4, 0.5) is 0 Å². The topological polar surface area (TPSA) is 22.1 Å². The van der Waals surface area contributed by atoms with Crippen LogP contribution in [0.2, 0.25) is 0 Å². The van der Waals surface area contributed by atoms with Gasteiger partial charge in [0.2, 0.25) is 0 Å². The molecule has 4 heteroatoms. The fraction of sp³-hybridized carbons (Fsp3) is 0.400. The summed E-state index contributed by atoms with van der Waals surface area (Å²) in [6.45, 7) is 6.91. The molecule has 19 heavy (non-hydrogen) atoms. The monoisotopic (exact) mass is 293 g/mol. The molecule has 0 bridgehead atoms. The molecule has 1 aromatic heterocycles. The van der Waals surface area contributed by atoms with Crippen molar-refractivity contribution in [1.82, 2.24) is 4.98 Å². The van der Waals surface area contributed by atoms with Gasteiger partial charge in [-0.15, -0.1) is 11.3 Å². The number of rotatable bonds is 5. The van der Waals surface area contributed by atoms with Gasteiger partial charge in [0.25, 0.3) is 0 Å². The molecule has 0 radical (unpaired) electrons. The molecule has 0 atom stereocenters. The highest BCUT2D eigenvalue weighted by Crippen LogP contribution is 2.27. The molecular formula is C15H19NOS2. The van der Waals surface area contributed by atoms with E-state index in [1.807, 2.05) is 18.2 Å². The summed E-state index contributed by atoms with van der Waals surface area (Å²) in [5.41, 5.74) is 2.36. The van der Waals surface area contributed by atoms with Crippen LogP contribution in [0.15, 0.2) is 24.3 Å². The van der Waals surface area contributed by atoms with E-state index in [1.54, 1.807) is 11.3 Å². The van der Waals surface area contributed by atoms with Crippen molar-refractivity contribution in [2.75, 3.05) is 0 Å². The van der Waals surface area contributed by atoms with Gasteiger partial charge in [-0.3, -0.25) is 0 Å². The fourth-order valence-corrected chi connectivity index (χ4v) is 3.24. The summed E-state index contributed by atoms with van der Waals surface area (Å²) in [5.74, 6) is 2.08. The highest BCUT2D eigenvalue weighted by molar-refractivity contribution is 7.79. The zero-order valence-corrected chi connectivity index (χ0v) is 13.2. The van der Waals surface area contributed by atoms with Gasteiger partial charge in [0.1, 0.15) is 17.4 Å². The quantitative estimate of drug-likeness (QED) is 0.815. The molecule has 1 heterocycles. The molecule has 0 saturated heterocycles. The summed E-state index contributed by atoms with van der Waals surface area (Å²) in [6.07, 6.45) is 0. The summed E-state index contributed by atoms with van der Waals surface area (Å²) < 4.78 is 5.79. The molecule has 0 N–H and O–H groups in total. The Morgan fingerprint density at radius 3 is 2.74 bits per heavy atom. The summed E-state index contributed by atoms with van der Waals surface area (Å²) >= 11 is 6.07. The zero-order valence-electron chi connectivity index (χ0n) is 11.5. The average Bonchev–Trinajstić information content (AvgIpc) is 2.80. The number of thiol groups is 1. The molecular weight excluding hydrogens is 274 g/mol. The maximum absolute atomic E-state index is 5.79. The van der Waals surface area contributed by atoms with E-state index in [9.17, 15) is 0 Å². The van der Waals surface area contributed by atoms with Crippen LogP contribution in [-0.4, -0.2) is 4.98 Å². The first-order chi connectivity index (χ1) is 9.10. The Kier molecular flexibility index (Phi) is 4.88. The zero-order chi connectivity index (χ0) is 13.8. The van der Waals surface area contributed by atoms with Gasteiger partial charge < -0.3 is 4.74 Å². The van der Waals surface area contributed by atoms with E-state index >= 15 is 0 Å². The van der Waals surface area contributed by atoms with E-state index in [0.717, 1.165) is 22.2 Å². The SMILES string of the molecule is Cc1cccc(OCc2nc(C(C)C)c(CS)s2)c1. The van der Waals surface area contributed by atoms with E-state index in [-0.39, 0.29) is 0 Å². The van der Waals surface area contributed by atoms with Crippen LogP contribution >= 0.6 is 24.0 Å². The first kappa shape index (κ1) is 14.4. The molecule has 2 aromatic rings. The Balaban J connectivity index is 2.07. The van der Waals surface area contributed by atoms with Crippen molar-refractivity contribution in [3.8, 4) is 5.75 Å². The molecule has 0 aliphatic heterocycles. The first-order valence-corrected chi connectivity index (χ1v) is 7.84. The number of aryl methyl sites for hydroxylation is 1. The number of hydrogen-bond acceptors (Lipinski definition) is 4. The Hall–Kier alpha value is -1.000. The van der Waals surface area contributed by atoms with Gasteiger partial charge in [0, 0.05) is 10.6 Å². The number of thiazole rings is 1. The number of aromatic nitrogens is 1. The second kappa shape index (κ2) is 6.44. The minimum atomic E-state index is 0.436. The summed E-state index contributed by atoms with van der Waals surface area (Å²) in [6, 6.07) is 8.08. The van der Waals surface area contributed by atoms with Crippen molar-refractivity contribution in [2.24, 2.45) is 0 Å². The van der Waals surface area contributed by atoms with Gasteiger partial charge in [-0.25, -0.2) is 4.98 Å². The lowest BCUT2D eigenvalue weighted by molar-refractivity contribution is 0.305. The number of nitrogens with zero attached hydrogens (tertiary/aromatic N) is 1.